The van der Waals surface area contributed by atoms with Crippen LogP contribution in [0.4, 0.5) is 8.78 Å². The molecule has 76 valence electrons. The molecule has 1 aromatic rings. The van der Waals surface area contributed by atoms with Gasteiger partial charge in [0, 0.05) is 11.4 Å². The Morgan fingerprint density at radius 2 is 2.21 bits per heavy atom. The molecule has 0 fully saturated rings. The first-order chi connectivity index (χ1) is 6.50. The summed E-state index contributed by atoms with van der Waals surface area (Å²) in [5.74, 6) is -2.29. The van der Waals surface area contributed by atoms with Crippen molar-refractivity contribution in [2.45, 2.75) is 12.6 Å². The molecule has 0 spiro atoms. The van der Waals surface area contributed by atoms with Crippen LogP contribution in [0.2, 0.25) is 5.02 Å². The van der Waals surface area contributed by atoms with Crippen molar-refractivity contribution >= 4 is 17.6 Å². The van der Waals surface area contributed by atoms with Gasteiger partial charge in [-0.3, -0.25) is 0 Å². The number of hydrogen-bond acceptors (Lipinski definition) is 1. The number of carboxylic acid groups (broad SMARTS) is 1. The van der Waals surface area contributed by atoms with Gasteiger partial charge < -0.3 is 5.11 Å². The van der Waals surface area contributed by atoms with E-state index in [4.69, 9.17) is 16.7 Å². The van der Waals surface area contributed by atoms with Gasteiger partial charge in [0.2, 0.25) is 6.17 Å². The van der Waals surface area contributed by atoms with Crippen LogP contribution in [-0.2, 0) is 11.2 Å². The van der Waals surface area contributed by atoms with E-state index < -0.39 is 24.4 Å². The zero-order valence-corrected chi connectivity index (χ0v) is 7.76. The fourth-order valence-corrected chi connectivity index (χ4v) is 1.13. The average Bonchev–Trinajstić information content (AvgIpc) is 2.09. The first-order valence-electron chi connectivity index (χ1n) is 3.81. The molecule has 0 aliphatic heterocycles. The van der Waals surface area contributed by atoms with Gasteiger partial charge in [0.15, 0.2) is 0 Å². The predicted molar refractivity (Wildman–Crippen MR) is 47.6 cm³/mol. The third-order valence-electron chi connectivity index (χ3n) is 1.68. The Hall–Kier alpha value is -1.16. The van der Waals surface area contributed by atoms with Crippen LogP contribution in [0.25, 0.3) is 0 Å². The maximum atomic E-state index is 13.0. The lowest BCUT2D eigenvalue weighted by atomic mass is 10.1. The van der Waals surface area contributed by atoms with Gasteiger partial charge in [-0.25, -0.2) is 13.6 Å². The van der Waals surface area contributed by atoms with Gasteiger partial charge >= 0.3 is 5.97 Å². The summed E-state index contributed by atoms with van der Waals surface area (Å²) in [6.45, 7) is 0. The van der Waals surface area contributed by atoms with E-state index in [0.717, 1.165) is 6.07 Å². The molecular formula is C9H7ClF2O2. The molecule has 14 heavy (non-hydrogen) atoms. The number of alkyl halides is 1. The van der Waals surface area contributed by atoms with Gasteiger partial charge in [-0.1, -0.05) is 17.7 Å². The Kier molecular flexibility index (Phi) is 3.41. The van der Waals surface area contributed by atoms with Crippen molar-refractivity contribution in [1.29, 1.82) is 0 Å². The minimum Gasteiger partial charge on any atom is -0.479 e. The lowest BCUT2D eigenvalue weighted by Crippen LogP contribution is -2.17. The summed E-state index contributed by atoms with van der Waals surface area (Å²) in [4.78, 5) is 10.2. The fraction of sp³-hybridized carbons (Fsp3) is 0.222. The zero-order valence-electron chi connectivity index (χ0n) is 7.01. The molecule has 0 heterocycles. The monoisotopic (exact) mass is 220 g/mol. The first kappa shape index (κ1) is 10.9. The van der Waals surface area contributed by atoms with Crippen molar-refractivity contribution in [3.05, 3.63) is 34.6 Å². The zero-order chi connectivity index (χ0) is 10.7. The average molecular weight is 221 g/mol. The van der Waals surface area contributed by atoms with Crippen LogP contribution >= 0.6 is 11.6 Å². The van der Waals surface area contributed by atoms with E-state index in [1.165, 1.54) is 12.1 Å². The van der Waals surface area contributed by atoms with Crippen LogP contribution in [0.15, 0.2) is 18.2 Å². The molecular weight excluding hydrogens is 214 g/mol. The Morgan fingerprint density at radius 3 is 2.71 bits per heavy atom. The number of carboxylic acids is 1. The van der Waals surface area contributed by atoms with Crippen LogP contribution in [0.5, 0.6) is 0 Å². The highest BCUT2D eigenvalue weighted by Gasteiger charge is 2.18. The standard InChI is InChI=1S/C9H7ClF2O2/c10-6-2-1-5(7(11)4-6)3-8(12)9(13)14/h1-2,4,8H,3H2,(H,13,14). The normalized spacial score (nSPS) is 12.5. The van der Waals surface area contributed by atoms with E-state index in [-0.39, 0.29) is 10.6 Å². The van der Waals surface area contributed by atoms with Crippen LogP contribution < -0.4 is 0 Å². The summed E-state index contributed by atoms with van der Waals surface area (Å²) < 4.78 is 25.7. The molecule has 1 rings (SSSR count). The summed E-state index contributed by atoms with van der Waals surface area (Å²) in [5.41, 5.74) is 0.00398. The Bertz CT molecular complexity index is 355. The molecule has 0 radical (unpaired) electrons. The maximum Gasteiger partial charge on any atom is 0.338 e. The minimum atomic E-state index is -2.09. The van der Waals surface area contributed by atoms with Crippen molar-refractivity contribution in [1.82, 2.24) is 0 Å². The summed E-state index contributed by atoms with van der Waals surface area (Å²) in [6.07, 6.45) is -2.58. The van der Waals surface area contributed by atoms with Gasteiger partial charge in [-0.15, -0.1) is 0 Å². The molecule has 1 N–H and O–H groups in total. The lowest BCUT2D eigenvalue weighted by Gasteiger charge is -2.04. The Labute approximate surface area is 84.1 Å². The lowest BCUT2D eigenvalue weighted by molar-refractivity contribution is -0.142. The second-order valence-electron chi connectivity index (χ2n) is 2.75. The number of benzene rings is 1. The summed E-state index contributed by atoms with van der Waals surface area (Å²) >= 11 is 5.47. The third kappa shape index (κ3) is 2.67. The molecule has 0 aliphatic carbocycles. The van der Waals surface area contributed by atoms with Crippen LogP contribution in [0.3, 0.4) is 0 Å². The highest BCUT2D eigenvalue weighted by atomic mass is 35.5. The summed E-state index contributed by atoms with van der Waals surface area (Å²) in [5, 5.41) is 8.46. The summed E-state index contributed by atoms with van der Waals surface area (Å²) in [7, 11) is 0. The minimum absolute atomic E-state index is 0.00398. The van der Waals surface area contributed by atoms with Gasteiger partial charge in [0.05, 0.1) is 0 Å². The maximum absolute atomic E-state index is 13.0. The summed E-state index contributed by atoms with van der Waals surface area (Å²) in [6, 6.07) is 3.67. The molecule has 0 saturated heterocycles. The van der Waals surface area contributed by atoms with E-state index in [1.54, 1.807) is 0 Å². The van der Waals surface area contributed by atoms with E-state index >= 15 is 0 Å². The van der Waals surface area contributed by atoms with E-state index in [1.807, 2.05) is 0 Å². The van der Waals surface area contributed by atoms with Gasteiger partial charge in [0.25, 0.3) is 0 Å². The first-order valence-corrected chi connectivity index (χ1v) is 4.19. The topological polar surface area (TPSA) is 37.3 Å². The molecule has 0 amide bonds. The predicted octanol–water partition coefficient (Wildman–Crippen LogP) is 2.44. The van der Waals surface area contributed by atoms with Crippen molar-refractivity contribution in [3.63, 3.8) is 0 Å². The van der Waals surface area contributed by atoms with Crippen molar-refractivity contribution in [3.8, 4) is 0 Å². The molecule has 0 saturated carbocycles. The number of aliphatic carboxylic acids is 1. The highest BCUT2D eigenvalue weighted by molar-refractivity contribution is 6.30. The number of hydrogen-bond donors (Lipinski definition) is 1. The molecule has 0 aromatic heterocycles. The van der Waals surface area contributed by atoms with Crippen molar-refractivity contribution in [2.24, 2.45) is 0 Å². The van der Waals surface area contributed by atoms with Gasteiger partial charge in [0.1, 0.15) is 5.82 Å². The Morgan fingerprint density at radius 1 is 1.57 bits per heavy atom. The van der Waals surface area contributed by atoms with Gasteiger partial charge in [-0.05, 0) is 17.7 Å². The third-order valence-corrected chi connectivity index (χ3v) is 1.92. The van der Waals surface area contributed by atoms with Crippen LogP contribution in [-0.4, -0.2) is 17.2 Å². The molecule has 1 unspecified atom stereocenters. The number of halogens is 3. The van der Waals surface area contributed by atoms with Crippen LogP contribution in [0, 0.1) is 5.82 Å². The smallest absolute Gasteiger partial charge is 0.338 e. The highest BCUT2D eigenvalue weighted by Crippen LogP contribution is 2.16. The SMILES string of the molecule is O=C(O)C(F)Cc1ccc(Cl)cc1F. The largest absolute Gasteiger partial charge is 0.479 e. The van der Waals surface area contributed by atoms with E-state index in [0.29, 0.717) is 0 Å². The van der Waals surface area contributed by atoms with E-state index in [2.05, 4.69) is 0 Å². The quantitative estimate of drug-likeness (QED) is 0.850. The van der Waals surface area contributed by atoms with Crippen LogP contribution in [0.1, 0.15) is 5.56 Å². The second kappa shape index (κ2) is 4.37. The van der Waals surface area contributed by atoms with E-state index in [9.17, 15) is 13.6 Å². The number of rotatable bonds is 3. The molecule has 0 bridgehead atoms. The molecule has 2 nitrogen and oxygen atoms in total. The van der Waals surface area contributed by atoms with Gasteiger partial charge in [-0.2, -0.15) is 0 Å². The molecule has 1 aromatic carbocycles. The van der Waals surface area contributed by atoms with Crippen molar-refractivity contribution in [2.75, 3.05) is 0 Å². The van der Waals surface area contributed by atoms with Crippen molar-refractivity contribution < 1.29 is 18.7 Å². The second-order valence-corrected chi connectivity index (χ2v) is 3.18. The number of carbonyl (C=O) groups is 1. The fourth-order valence-electron chi connectivity index (χ4n) is 0.968. The molecule has 0 aliphatic rings. The molecule has 5 heteroatoms. The molecule has 1 atom stereocenters. The Balaban J connectivity index is 2.82.